The van der Waals surface area contributed by atoms with Crippen LogP contribution in [-0.4, -0.2) is 28.8 Å². The Morgan fingerprint density at radius 3 is 1.77 bits per heavy atom. The molecule has 4 aromatic rings. The third-order valence-electron chi connectivity index (χ3n) is 7.09. The topological polar surface area (TPSA) is 49.4 Å². The van der Waals surface area contributed by atoms with E-state index in [4.69, 9.17) is 0 Å². The van der Waals surface area contributed by atoms with Crippen LogP contribution in [0.5, 0.6) is 0 Å². The van der Waals surface area contributed by atoms with Crippen molar-refractivity contribution in [2.45, 2.75) is 58.2 Å². The summed E-state index contributed by atoms with van der Waals surface area (Å²) in [5, 5.41) is 3.08. The van der Waals surface area contributed by atoms with Gasteiger partial charge in [0.1, 0.15) is 6.04 Å². The first kappa shape index (κ1) is 27.8. The average Bonchev–Trinajstić information content (AvgIpc) is 2.95. The number of hydrogen-bond donors (Lipinski definition) is 1. The predicted octanol–water partition coefficient (Wildman–Crippen LogP) is 6.68. The average molecular weight is 519 g/mol. The van der Waals surface area contributed by atoms with Crippen LogP contribution in [0, 0.1) is 6.92 Å². The SMILES string of the molecule is Cc1ccccc1CN(C(=O)CC(c1ccccc1)c1ccccc1)C(Cc1ccccc1)C(=O)NC(C)C. The molecule has 0 aromatic heterocycles. The molecule has 4 rings (SSSR count). The summed E-state index contributed by atoms with van der Waals surface area (Å²) >= 11 is 0. The van der Waals surface area contributed by atoms with Crippen LogP contribution in [0.25, 0.3) is 0 Å². The Kier molecular flexibility index (Phi) is 9.69. The highest BCUT2D eigenvalue weighted by molar-refractivity contribution is 5.88. The van der Waals surface area contributed by atoms with E-state index in [0.29, 0.717) is 13.0 Å². The van der Waals surface area contributed by atoms with Gasteiger partial charge in [-0.15, -0.1) is 0 Å². The number of nitrogens with zero attached hydrogens (tertiary/aromatic N) is 1. The molecule has 0 fully saturated rings. The van der Waals surface area contributed by atoms with E-state index in [2.05, 4.69) is 42.6 Å². The maximum Gasteiger partial charge on any atom is 0.243 e. The van der Waals surface area contributed by atoms with Gasteiger partial charge in [0.15, 0.2) is 0 Å². The number of aryl methyl sites for hydroxylation is 1. The lowest BCUT2D eigenvalue weighted by molar-refractivity contribution is -0.141. The lowest BCUT2D eigenvalue weighted by Gasteiger charge is -2.33. The Hall–Kier alpha value is -4.18. The molecule has 2 amide bonds. The minimum Gasteiger partial charge on any atom is -0.352 e. The van der Waals surface area contributed by atoms with Crippen LogP contribution in [0.1, 0.15) is 54.0 Å². The summed E-state index contributed by atoms with van der Waals surface area (Å²) in [7, 11) is 0. The Morgan fingerprint density at radius 1 is 0.718 bits per heavy atom. The van der Waals surface area contributed by atoms with Gasteiger partial charge in [0.2, 0.25) is 11.8 Å². The fourth-order valence-corrected chi connectivity index (χ4v) is 5.00. The molecule has 39 heavy (non-hydrogen) atoms. The first-order valence-electron chi connectivity index (χ1n) is 13.7. The van der Waals surface area contributed by atoms with Crippen molar-refractivity contribution < 1.29 is 9.59 Å². The molecule has 0 aliphatic rings. The number of rotatable bonds is 11. The van der Waals surface area contributed by atoms with Crippen molar-refractivity contribution in [3.63, 3.8) is 0 Å². The summed E-state index contributed by atoms with van der Waals surface area (Å²) < 4.78 is 0. The Labute approximate surface area is 232 Å². The van der Waals surface area contributed by atoms with Crippen molar-refractivity contribution >= 4 is 11.8 Å². The second-order valence-corrected chi connectivity index (χ2v) is 10.4. The smallest absolute Gasteiger partial charge is 0.243 e. The second-order valence-electron chi connectivity index (χ2n) is 10.4. The zero-order chi connectivity index (χ0) is 27.6. The first-order chi connectivity index (χ1) is 18.9. The van der Waals surface area contributed by atoms with Gasteiger partial charge in [-0.25, -0.2) is 0 Å². The number of benzene rings is 4. The van der Waals surface area contributed by atoms with Crippen molar-refractivity contribution in [3.05, 3.63) is 143 Å². The molecule has 0 bridgehead atoms. The van der Waals surface area contributed by atoms with Gasteiger partial charge in [-0.2, -0.15) is 0 Å². The first-order valence-corrected chi connectivity index (χ1v) is 13.7. The van der Waals surface area contributed by atoms with Gasteiger partial charge in [0.05, 0.1) is 0 Å². The third-order valence-corrected chi connectivity index (χ3v) is 7.09. The van der Waals surface area contributed by atoms with Crippen molar-refractivity contribution in [1.82, 2.24) is 10.2 Å². The number of amides is 2. The van der Waals surface area contributed by atoms with E-state index in [1.807, 2.05) is 98.8 Å². The van der Waals surface area contributed by atoms with Crippen LogP contribution in [0.4, 0.5) is 0 Å². The molecular weight excluding hydrogens is 480 g/mol. The van der Waals surface area contributed by atoms with Crippen LogP contribution in [-0.2, 0) is 22.6 Å². The fourth-order valence-electron chi connectivity index (χ4n) is 5.00. The van der Waals surface area contributed by atoms with E-state index < -0.39 is 6.04 Å². The normalized spacial score (nSPS) is 11.8. The van der Waals surface area contributed by atoms with Gasteiger partial charge < -0.3 is 10.2 Å². The molecule has 0 saturated heterocycles. The van der Waals surface area contributed by atoms with Crippen molar-refractivity contribution in [3.8, 4) is 0 Å². The number of hydrogen-bond acceptors (Lipinski definition) is 2. The molecule has 4 heteroatoms. The highest BCUT2D eigenvalue weighted by Crippen LogP contribution is 2.30. The number of carbonyl (C=O) groups is 2. The minimum atomic E-state index is -0.644. The molecule has 200 valence electrons. The largest absolute Gasteiger partial charge is 0.352 e. The van der Waals surface area contributed by atoms with E-state index >= 15 is 0 Å². The van der Waals surface area contributed by atoms with E-state index in [0.717, 1.165) is 27.8 Å². The molecule has 4 nitrogen and oxygen atoms in total. The molecular formula is C35H38N2O2. The molecule has 4 aromatic carbocycles. The highest BCUT2D eigenvalue weighted by atomic mass is 16.2. The monoisotopic (exact) mass is 518 g/mol. The maximum absolute atomic E-state index is 14.4. The van der Waals surface area contributed by atoms with Gasteiger partial charge in [-0.05, 0) is 48.6 Å². The van der Waals surface area contributed by atoms with E-state index in [-0.39, 0.29) is 30.2 Å². The molecule has 1 atom stereocenters. The Balaban J connectivity index is 1.74. The van der Waals surface area contributed by atoms with E-state index in [1.54, 1.807) is 4.90 Å². The van der Waals surface area contributed by atoms with Crippen molar-refractivity contribution in [2.75, 3.05) is 0 Å². The van der Waals surface area contributed by atoms with Crippen molar-refractivity contribution in [1.29, 1.82) is 0 Å². The van der Waals surface area contributed by atoms with Gasteiger partial charge in [0, 0.05) is 31.3 Å². The molecule has 0 heterocycles. The molecule has 0 radical (unpaired) electrons. The maximum atomic E-state index is 14.4. The van der Waals surface area contributed by atoms with Gasteiger partial charge in [-0.1, -0.05) is 115 Å². The summed E-state index contributed by atoms with van der Waals surface area (Å²) in [5.41, 5.74) is 5.32. The van der Waals surface area contributed by atoms with Crippen molar-refractivity contribution in [2.24, 2.45) is 0 Å². The van der Waals surface area contributed by atoms with Crippen LogP contribution < -0.4 is 5.32 Å². The van der Waals surface area contributed by atoms with E-state index in [9.17, 15) is 9.59 Å². The highest BCUT2D eigenvalue weighted by Gasteiger charge is 2.32. The van der Waals surface area contributed by atoms with Crippen LogP contribution in [0.15, 0.2) is 115 Å². The molecule has 0 saturated carbocycles. The lowest BCUT2D eigenvalue weighted by atomic mass is 9.87. The summed E-state index contributed by atoms with van der Waals surface area (Å²) in [6, 6.07) is 37.7. The quantitative estimate of drug-likeness (QED) is 0.241. The molecule has 1 unspecified atom stereocenters. The zero-order valence-corrected chi connectivity index (χ0v) is 23.1. The van der Waals surface area contributed by atoms with Crippen LogP contribution in [0.3, 0.4) is 0 Å². The van der Waals surface area contributed by atoms with Crippen LogP contribution in [0.2, 0.25) is 0 Å². The molecule has 0 spiro atoms. The standard InChI is InChI=1S/C35H38N2O2/c1-26(2)36-35(39)33(23-28-16-7-4-8-17-28)37(25-31-22-14-13-15-27(31)3)34(38)24-32(29-18-9-5-10-19-29)30-20-11-6-12-21-30/h4-22,26,32-33H,23-25H2,1-3H3,(H,36,39). The second kappa shape index (κ2) is 13.6. The third kappa shape index (κ3) is 7.67. The molecule has 0 aliphatic heterocycles. The summed E-state index contributed by atoms with van der Waals surface area (Å²) in [6.07, 6.45) is 0.707. The Morgan fingerprint density at radius 2 is 1.23 bits per heavy atom. The summed E-state index contributed by atoms with van der Waals surface area (Å²) in [4.78, 5) is 29.9. The summed E-state index contributed by atoms with van der Waals surface area (Å²) in [6.45, 7) is 6.32. The van der Waals surface area contributed by atoms with E-state index in [1.165, 1.54) is 0 Å². The molecule has 1 N–H and O–H groups in total. The number of carbonyl (C=O) groups excluding carboxylic acids is 2. The van der Waals surface area contributed by atoms with Gasteiger partial charge in [-0.3, -0.25) is 9.59 Å². The van der Waals surface area contributed by atoms with Gasteiger partial charge >= 0.3 is 0 Å². The Bertz CT molecular complexity index is 1300. The summed E-state index contributed by atoms with van der Waals surface area (Å²) in [5.74, 6) is -0.299. The molecule has 0 aliphatic carbocycles. The minimum absolute atomic E-state index is 0.0347. The lowest BCUT2D eigenvalue weighted by Crippen LogP contribution is -2.52. The zero-order valence-electron chi connectivity index (χ0n) is 23.1. The predicted molar refractivity (Wildman–Crippen MR) is 158 cm³/mol. The van der Waals surface area contributed by atoms with Crippen LogP contribution >= 0.6 is 0 Å². The number of nitrogens with one attached hydrogen (secondary N) is 1. The fraction of sp³-hybridized carbons (Fsp3) is 0.257. The van der Waals surface area contributed by atoms with Gasteiger partial charge in [0.25, 0.3) is 0 Å².